The number of hydrogen-bond acceptors (Lipinski definition) is 11. The number of nitrogens with zero attached hydrogens (tertiary/aromatic N) is 6. The first-order valence-electron chi connectivity index (χ1n) is 18.1. The van der Waals surface area contributed by atoms with Crippen molar-refractivity contribution >= 4 is 60.7 Å². The zero-order chi connectivity index (χ0) is 37.9. The molecule has 54 heavy (non-hydrogen) atoms. The van der Waals surface area contributed by atoms with Gasteiger partial charge in [-0.05, 0) is 64.4 Å². The second-order valence-corrected chi connectivity index (χ2v) is 16.3. The van der Waals surface area contributed by atoms with Gasteiger partial charge in [-0.1, -0.05) is 23.7 Å². The van der Waals surface area contributed by atoms with E-state index in [1.54, 1.807) is 6.08 Å². The number of alkyl halides is 1. The highest BCUT2D eigenvalue weighted by atomic mass is 35.5. The fourth-order valence-corrected chi connectivity index (χ4v) is 10.0. The van der Waals surface area contributed by atoms with E-state index in [1.807, 2.05) is 36.0 Å². The first-order valence-corrected chi connectivity index (χ1v) is 19.3. The number of aromatic nitrogens is 2. The third-order valence-electron chi connectivity index (χ3n) is 11.2. The first-order chi connectivity index (χ1) is 26.0. The number of carbonyl (C=O) groups excluding carboxylic acids is 1. The summed E-state index contributed by atoms with van der Waals surface area (Å²) in [5, 5.41) is 13.5. The minimum atomic E-state index is -0.968. The van der Waals surface area contributed by atoms with Crippen molar-refractivity contribution in [2.24, 2.45) is 0 Å². The molecule has 1 amide bonds. The molecule has 1 aliphatic carbocycles. The van der Waals surface area contributed by atoms with Gasteiger partial charge in [-0.3, -0.25) is 9.69 Å². The summed E-state index contributed by atoms with van der Waals surface area (Å²) < 4.78 is 59.8. The molecule has 11 nitrogen and oxygen atoms in total. The lowest BCUT2D eigenvalue weighted by molar-refractivity contribution is -0.117. The van der Waals surface area contributed by atoms with Crippen LogP contribution in [0.5, 0.6) is 11.8 Å². The van der Waals surface area contributed by atoms with Crippen molar-refractivity contribution in [2.75, 3.05) is 64.1 Å². The lowest BCUT2D eigenvalue weighted by Gasteiger charge is -2.32. The van der Waals surface area contributed by atoms with Crippen molar-refractivity contribution in [3.8, 4) is 29.0 Å². The Morgan fingerprint density at radius 3 is 2.91 bits per heavy atom. The molecule has 3 N–H and O–H groups in total. The SMILES string of the molecule is CN(C)C/C=C/C(=O)NC1CCC(N2CCOc3c(Cl)c(-c4ccc(F)c5sc(N)c(C#N)c45)c(F)c4nc(OC[C@@]56CCCN5C[C@H](F)C6)nc2c34)C1. The van der Waals surface area contributed by atoms with Crippen LogP contribution in [-0.4, -0.2) is 103 Å². The van der Waals surface area contributed by atoms with Crippen molar-refractivity contribution in [3.05, 3.63) is 46.5 Å². The number of nitrogens with one attached hydrogen (secondary N) is 1. The van der Waals surface area contributed by atoms with Gasteiger partial charge in [0.1, 0.15) is 47.6 Å². The molecular weight excluding hydrogens is 741 g/mol. The standard InChI is InChI=1S/C38H40ClF3N8O3S/c1-48(2)11-3-5-26(51)45-21-6-7-22(15-21)50-13-14-52-33-29-32(46-37(47-36(29)50)53-19-38-10-4-12-49(38)18-20(40)16-38)31(42)28(30(33)39)23-8-9-25(41)34-27(23)24(17-43)35(44)54-34/h3,5,8-9,20-22H,4,6-7,10-16,18-19,44H2,1-2H3,(H,45,51)/b5-3+/t20-,21?,22?,38+/m1/s1. The van der Waals surface area contributed by atoms with Gasteiger partial charge in [-0.2, -0.15) is 15.2 Å². The number of nitrogens with two attached hydrogens (primary N) is 1. The number of rotatable bonds is 9. The summed E-state index contributed by atoms with van der Waals surface area (Å²) in [7, 11) is 3.85. The fourth-order valence-electron chi connectivity index (χ4n) is 8.73. The third kappa shape index (κ3) is 6.36. The largest absolute Gasteiger partial charge is 0.489 e. The number of likely N-dealkylation sites (N-methyl/N-ethyl adjacent to an activating group) is 1. The first kappa shape index (κ1) is 36.6. The lowest BCUT2D eigenvalue weighted by atomic mass is 9.95. The van der Waals surface area contributed by atoms with Crippen LogP contribution in [0.4, 0.5) is 24.0 Å². The Hall–Kier alpha value is -4.36. The number of thiophene rings is 1. The Bertz CT molecular complexity index is 2230. The molecular formula is C38H40ClF3N8O3S. The molecule has 4 aromatic rings. The molecule has 2 unspecified atom stereocenters. The van der Waals surface area contributed by atoms with Gasteiger partial charge < -0.3 is 30.3 Å². The van der Waals surface area contributed by atoms with E-state index in [0.717, 1.165) is 43.6 Å². The quantitative estimate of drug-likeness (QED) is 0.189. The molecule has 3 fully saturated rings. The van der Waals surface area contributed by atoms with Crippen LogP contribution < -0.4 is 25.4 Å². The number of nitriles is 1. The second kappa shape index (κ2) is 14.4. The predicted molar refractivity (Wildman–Crippen MR) is 203 cm³/mol. The highest BCUT2D eigenvalue weighted by molar-refractivity contribution is 7.23. The summed E-state index contributed by atoms with van der Waals surface area (Å²) in [6.45, 7) is 2.41. The molecule has 2 aromatic carbocycles. The van der Waals surface area contributed by atoms with Crippen molar-refractivity contribution in [2.45, 2.75) is 62.3 Å². The summed E-state index contributed by atoms with van der Waals surface area (Å²) >= 11 is 7.99. The fraction of sp³-hybridized carbons (Fsp3) is 0.474. The minimum absolute atomic E-state index is 0.0181. The smallest absolute Gasteiger partial charge is 0.319 e. The molecule has 4 atom stereocenters. The third-order valence-corrected chi connectivity index (χ3v) is 12.5. The van der Waals surface area contributed by atoms with Gasteiger partial charge >= 0.3 is 6.01 Å². The molecule has 1 saturated carbocycles. The van der Waals surface area contributed by atoms with Crippen molar-refractivity contribution in [1.82, 2.24) is 25.1 Å². The number of anilines is 2. The molecule has 0 spiro atoms. The van der Waals surface area contributed by atoms with Crippen molar-refractivity contribution in [1.29, 1.82) is 5.26 Å². The van der Waals surface area contributed by atoms with Crippen molar-refractivity contribution in [3.63, 3.8) is 0 Å². The van der Waals surface area contributed by atoms with E-state index in [0.29, 0.717) is 38.3 Å². The van der Waals surface area contributed by atoms with Crippen LogP contribution in [-0.2, 0) is 4.79 Å². The Morgan fingerprint density at radius 2 is 2.11 bits per heavy atom. The molecule has 2 aromatic heterocycles. The Labute approximate surface area is 319 Å². The van der Waals surface area contributed by atoms with Crippen LogP contribution in [0.3, 0.4) is 0 Å². The number of nitrogen functional groups attached to an aromatic ring is 1. The molecule has 8 rings (SSSR count). The van der Waals surface area contributed by atoms with E-state index in [1.165, 1.54) is 12.1 Å². The Balaban J connectivity index is 1.23. The molecule has 5 heterocycles. The van der Waals surface area contributed by atoms with Crippen LogP contribution in [0.15, 0.2) is 24.3 Å². The predicted octanol–water partition coefficient (Wildman–Crippen LogP) is 6.21. The average Bonchev–Trinajstić information content (AvgIpc) is 3.87. The molecule has 3 aliphatic heterocycles. The lowest BCUT2D eigenvalue weighted by Crippen LogP contribution is -2.43. The van der Waals surface area contributed by atoms with Crippen LogP contribution in [0.1, 0.15) is 44.1 Å². The van der Waals surface area contributed by atoms with E-state index in [4.69, 9.17) is 31.8 Å². The maximum Gasteiger partial charge on any atom is 0.319 e. The van der Waals surface area contributed by atoms with Crippen LogP contribution in [0, 0.1) is 23.0 Å². The van der Waals surface area contributed by atoms with Gasteiger partial charge in [-0.25, -0.2) is 13.2 Å². The summed E-state index contributed by atoms with van der Waals surface area (Å²) in [4.78, 5) is 28.4. The number of fused-ring (bicyclic) bond motifs is 2. The van der Waals surface area contributed by atoms with Crippen LogP contribution >= 0.6 is 22.9 Å². The maximum absolute atomic E-state index is 17.4. The number of carbonyl (C=O) groups is 1. The van der Waals surface area contributed by atoms with E-state index in [2.05, 4.69) is 15.2 Å². The van der Waals surface area contributed by atoms with E-state index in [-0.39, 0.29) is 90.7 Å². The highest BCUT2D eigenvalue weighted by Crippen LogP contribution is 2.51. The second-order valence-electron chi connectivity index (χ2n) is 14.9. The maximum atomic E-state index is 17.4. The zero-order valence-electron chi connectivity index (χ0n) is 29.9. The van der Waals surface area contributed by atoms with Gasteiger partial charge in [0, 0.05) is 48.6 Å². The molecule has 4 aliphatic rings. The summed E-state index contributed by atoms with van der Waals surface area (Å²) in [5.74, 6) is -1.08. The van der Waals surface area contributed by atoms with Crippen molar-refractivity contribution < 1.29 is 27.4 Å². The zero-order valence-corrected chi connectivity index (χ0v) is 31.5. The molecule has 0 radical (unpaired) electrons. The Morgan fingerprint density at radius 1 is 1.28 bits per heavy atom. The van der Waals surface area contributed by atoms with Gasteiger partial charge in [0.15, 0.2) is 11.6 Å². The number of hydrogen-bond donors (Lipinski definition) is 2. The molecule has 16 heteroatoms. The van der Waals surface area contributed by atoms with Gasteiger partial charge in [0.25, 0.3) is 0 Å². The van der Waals surface area contributed by atoms with Gasteiger partial charge in [0.05, 0.1) is 32.8 Å². The normalized spacial score (nSPS) is 24.0. The number of ether oxygens (including phenoxy) is 2. The minimum Gasteiger partial charge on any atom is -0.489 e. The topological polar surface area (TPSA) is 133 Å². The molecule has 284 valence electrons. The molecule has 0 bridgehead atoms. The van der Waals surface area contributed by atoms with Crippen LogP contribution in [0.2, 0.25) is 5.02 Å². The Kier molecular flexibility index (Phi) is 9.74. The van der Waals surface area contributed by atoms with E-state index >= 15 is 8.78 Å². The van der Waals surface area contributed by atoms with E-state index in [9.17, 15) is 14.4 Å². The molecule has 2 saturated heterocycles. The highest BCUT2D eigenvalue weighted by Gasteiger charge is 2.49. The number of halogens is 4. The van der Waals surface area contributed by atoms with Gasteiger partial charge in [0.2, 0.25) is 5.91 Å². The number of amides is 1. The summed E-state index contributed by atoms with van der Waals surface area (Å²) in [6, 6.07) is 4.33. The number of benzene rings is 2. The average molecular weight is 781 g/mol. The van der Waals surface area contributed by atoms with E-state index < -0.39 is 23.3 Å². The monoisotopic (exact) mass is 780 g/mol. The summed E-state index contributed by atoms with van der Waals surface area (Å²) in [6.07, 6.45) is 6.45. The van der Waals surface area contributed by atoms with Crippen LogP contribution in [0.25, 0.3) is 32.1 Å². The van der Waals surface area contributed by atoms with Gasteiger partial charge in [-0.15, -0.1) is 11.3 Å². The summed E-state index contributed by atoms with van der Waals surface area (Å²) in [5.41, 5.74) is 5.56.